The van der Waals surface area contributed by atoms with Crippen LogP contribution in [0.5, 0.6) is 0 Å². The van der Waals surface area contributed by atoms with Crippen LogP contribution in [0.2, 0.25) is 0 Å². The summed E-state index contributed by atoms with van der Waals surface area (Å²) < 4.78 is 1.58. The highest BCUT2D eigenvalue weighted by atomic mass is 32.2. The second kappa shape index (κ2) is 6.44. The first-order chi connectivity index (χ1) is 13.3. The van der Waals surface area contributed by atoms with Gasteiger partial charge in [-0.1, -0.05) is 60.3 Å². The van der Waals surface area contributed by atoms with Gasteiger partial charge < -0.3 is 10.3 Å². The number of benzene rings is 3. The Labute approximate surface area is 158 Å². The maximum atomic E-state index is 12.3. The predicted octanol–water partition coefficient (Wildman–Crippen LogP) is 3.86. The van der Waals surface area contributed by atoms with E-state index in [1.165, 1.54) is 17.1 Å². The zero-order chi connectivity index (χ0) is 18.2. The number of hydrogen-bond acceptors (Lipinski definition) is 5. The van der Waals surface area contributed by atoms with E-state index < -0.39 is 0 Å². The molecule has 132 valence electrons. The molecular weight excluding hydrogens is 358 g/mol. The number of imidazole rings is 1. The fourth-order valence-corrected chi connectivity index (χ4v) is 3.96. The fourth-order valence-electron chi connectivity index (χ4n) is 3.22. The quantitative estimate of drug-likeness (QED) is 0.532. The smallest absolute Gasteiger partial charge is 0.332 e. The summed E-state index contributed by atoms with van der Waals surface area (Å²) >= 11 is 1.52. The highest BCUT2D eigenvalue weighted by Gasteiger charge is 2.17. The number of H-pyrrole nitrogens is 1. The van der Waals surface area contributed by atoms with Gasteiger partial charge in [-0.2, -0.15) is 0 Å². The van der Waals surface area contributed by atoms with Crippen molar-refractivity contribution in [2.24, 2.45) is 10.2 Å². The molecule has 0 amide bonds. The van der Waals surface area contributed by atoms with Gasteiger partial charge >= 0.3 is 5.69 Å². The molecule has 1 aliphatic rings. The number of thioether (sulfide) groups is 1. The van der Waals surface area contributed by atoms with Gasteiger partial charge in [0.05, 0.1) is 16.8 Å². The molecule has 0 unspecified atom stereocenters. The molecule has 2 heterocycles. The summed E-state index contributed by atoms with van der Waals surface area (Å²) in [5.74, 6) is 1.17. The zero-order valence-electron chi connectivity index (χ0n) is 14.2. The number of aromatic nitrogens is 2. The van der Waals surface area contributed by atoms with Crippen LogP contribution in [-0.2, 0) is 0 Å². The van der Waals surface area contributed by atoms with Crippen molar-refractivity contribution in [2.75, 3.05) is 11.1 Å². The van der Waals surface area contributed by atoms with Crippen LogP contribution in [0.1, 0.15) is 0 Å². The summed E-state index contributed by atoms with van der Waals surface area (Å²) in [6.07, 6.45) is 0. The molecule has 27 heavy (non-hydrogen) atoms. The predicted molar refractivity (Wildman–Crippen MR) is 113 cm³/mol. The minimum Gasteiger partial charge on any atom is -0.333 e. The molecule has 5 rings (SSSR count). The molecule has 0 saturated heterocycles. The van der Waals surface area contributed by atoms with E-state index in [1.807, 2.05) is 48.5 Å². The summed E-state index contributed by atoms with van der Waals surface area (Å²) in [5, 5.41) is 15.0. The van der Waals surface area contributed by atoms with Gasteiger partial charge in [-0.05, 0) is 23.6 Å². The Bertz CT molecular complexity index is 1280. The van der Waals surface area contributed by atoms with Crippen molar-refractivity contribution in [3.8, 4) is 0 Å². The van der Waals surface area contributed by atoms with Gasteiger partial charge in [0.2, 0.25) is 0 Å². The first-order valence-corrected chi connectivity index (χ1v) is 9.50. The number of aromatic amines is 1. The lowest BCUT2D eigenvalue weighted by atomic mass is 10.1. The molecule has 0 aliphatic carbocycles. The molecule has 1 aliphatic heterocycles. The fraction of sp³-hybridized carbons (Fsp3) is 0.0500. The standard InChI is InChI=1S/C20H15N5OS/c26-20-22-16-9-3-4-11-17(16)25(20)18-12-27-19(24-23-18)21-15-10-5-7-13-6-1-2-8-14(13)15/h1-11H,12H2,(H,21,24)(H,22,26). The highest BCUT2D eigenvalue weighted by molar-refractivity contribution is 8.14. The minimum absolute atomic E-state index is 0.198. The second-order valence-corrected chi connectivity index (χ2v) is 7.11. The Kier molecular flexibility index (Phi) is 3.79. The van der Waals surface area contributed by atoms with Crippen LogP contribution in [0.3, 0.4) is 0 Å². The Balaban J connectivity index is 1.49. The average Bonchev–Trinajstić information content (AvgIpc) is 3.05. The number of amidine groups is 1. The molecule has 0 spiro atoms. The minimum atomic E-state index is -0.198. The highest BCUT2D eigenvalue weighted by Crippen LogP contribution is 2.25. The number of para-hydroxylation sites is 2. The molecule has 1 aromatic heterocycles. The van der Waals surface area contributed by atoms with Crippen molar-refractivity contribution in [3.63, 3.8) is 0 Å². The third kappa shape index (κ3) is 2.82. The molecule has 0 saturated carbocycles. The van der Waals surface area contributed by atoms with Gasteiger partial charge in [0, 0.05) is 11.1 Å². The van der Waals surface area contributed by atoms with Crippen LogP contribution in [0, 0.1) is 0 Å². The molecular formula is C20H15N5OS. The molecule has 0 radical (unpaired) electrons. The SMILES string of the molecule is O=c1[nH]c2ccccc2n1C1=NN=C(Nc2cccc3ccccc23)SC1. The maximum absolute atomic E-state index is 12.3. The average molecular weight is 373 g/mol. The van der Waals surface area contributed by atoms with E-state index in [2.05, 4.69) is 38.7 Å². The zero-order valence-corrected chi connectivity index (χ0v) is 15.0. The second-order valence-electron chi connectivity index (χ2n) is 6.14. The van der Waals surface area contributed by atoms with Crippen molar-refractivity contribution in [1.82, 2.24) is 9.55 Å². The van der Waals surface area contributed by atoms with Crippen LogP contribution < -0.4 is 11.0 Å². The van der Waals surface area contributed by atoms with E-state index in [-0.39, 0.29) is 5.69 Å². The number of nitrogens with zero attached hydrogens (tertiary/aromatic N) is 3. The van der Waals surface area contributed by atoms with Crippen molar-refractivity contribution in [1.29, 1.82) is 0 Å². The molecule has 0 fully saturated rings. The lowest BCUT2D eigenvalue weighted by Crippen LogP contribution is -2.29. The lowest BCUT2D eigenvalue weighted by molar-refractivity contribution is 1.04. The van der Waals surface area contributed by atoms with E-state index in [1.54, 1.807) is 4.57 Å². The van der Waals surface area contributed by atoms with Gasteiger partial charge in [0.25, 0.3) is 0 Å². The van der Waals surface area contributed by atoms with Crippen molar-refractivity contribution < 1.29 is 0 Å². The third-order valence-corrected chi connectivity index (χ3v) is 5.33. The summed E-state index contributed by atoms with van der Waals surface area (Å²) in [6, 6.07) is 21.9. The number of hydrogen-bond donors (Lipinski definition) is 2. The Morgan fingerprint density at radius 3 is 2.67 bits per heavy atom. The van der Waals surface area contributed by atoms with Crippen molar-refractivity contribution in [2.45, 2.75) is 0 Å². The number of anilines is 1. The maximum Gasteiger partial charge on any atom is 0.332 e. The number of rotatable bonds is 1. The first-order valence-electron chi connectivity index (χ1n) is 8.52. The normalized spacial score (nSPS) is 14.2. The van der Waals surface area contributed by atoms with Crippen LogP contribution in [0.15, 0.2) is 81.7 Å². The van der Waals surface area contributed by atoms with Gasteiger partial charge in [-0.15, -0.1) is 10.2 Å². The molecule has 7 heteroatoms. The van der Waals surface area contributed by atoms with Crippen molar-refractivity contribution in [3.05, 3.63) is 77.2 Å². The number of fused-ring (bicyclic) bond motifs is 2. The van der Waals surface area contributed by atoms with Gasteiger partial charge in [-0.25, -0.2) is 9.36 Å². The van der Waals surface area contributed by atoms with E-state index in [4.69, 9.17) is 0 Å². The van der Waals surface area contributed by atoms with Gasteiger partial charge in [-0.3, -0.25) is 0 Å². The van der Waals surface area contributed by atoms with Crippen LogP contribution >= 0.6 is 11.8 Å². The molecule has 3 aromatic carbocycles. The van der Waals surface area contributed by atoms with E-state index in [9.17, 15) is 4.79 Å². The Morgan fingerprint density at radius 2 is 1.78 bits per heavy atom. The topological polar surface area (TPSA) is 74.5 Å². The van der Waals surface area contributed by atoms with Gasteiger partial charge in [0.1, 0.15) is 0 Å². The van der Waals surface area contributed by atoms with E-state index in [0.29, 0.717) is 16.8 Å². The molecule has 2 N–H and O–H groups in total. The molecule has 0 bridgehead atoms. The van der Waals surface area contributed by atoms with Crippen LogP contribution in [0.25, 0.3) is 21.8 Å². The summed E-state index contributed by atoms with van der Waals surface area (Å²) in [7, 11) is 0. The largest absolute Gasteiger partial charge is 0.333 e. The lowest BCUT2D eigenvalue weighted by Gasteiger charge is -2.15. The van der Waals surface area contributed by atoms with Crippen LogP contribution in [-0.4, -0.2) is 26.3 Å². The summed E-state index contributed by atoms with van der Waals surface area (Å²) in [6.45, 7) is 0. The molecule has 4 aromatic rings. The molecule has 0 atom stereocenters. The Hall–Kier alpha value is -3.32. The third-order valence-electron chi connectivity index (χ3n) is 4.47. The van der Waals surface area contributed by atoms with Gasteiger partial charge in [0.15, 0.2) is 11.0 Å². The summed E-state index contributed by atoms with van der Waals surface area (Å²) in [5.41, 5.74) is 2.39. The van der Waals surface area contributed by atoms with Crippen LogP contribution in [0.4, 0.5) is 5.69 Å². The summed E-state index contributed by atoms with van der Waals surface area (Å²) in [4.78, 5) is 15.2. The van der Waals surface area contributed by atoms with E-state index >= 15 is 0 Å². The first kappa shape index (κ1) is 15.9. The Morgan fingerprint density at radius 1 is 0.963 bits per heavy atom. The number of nitrogens with one attached hydrogen (secondary N) is 2. The molecule has 6 nitrogen and oxygen atoms in total. The van der Waals surface area contributed by atoms with Crippen molar-refractivity contribution >= 4 is 50.3 Å². The van der Waals surface area contributed by atoms with E-state index in [0.717, 1.165) is 22.1 Å². The monoisotopic (exact) mass is 373 g/mol.